The van der Waals surface area contributed by atoms with E-state index < -0.39 is 0 Å². The number of rotatable bonds is 2. The van der Waals surface area contributed by atoms with E-state index in [2.05, 4.69) is 16.6 Å². The number of aromatic nitrogens is 1. The summed E-state index contributed by atoms with van der Waals surface area (Å²) in [7, 11) is 0. The van der Waals surface area contributed by atoms with Crippen molar-refractivity contribution < 1.29 is 0 Å². The maximum Gasteiger partial charge on any atom is 0.0689 e. The van der Waals surface area contributed by atoms with Crippen LogP contribution in [0.3, 0.4) is 0 Å². The van der Waals surface area contributed by atoms with E-state index in [1.165, 1.54) is 0 Å². The van der Waals surface area contributed by atoms with Gasteiger partial charge in [0.1, 0.15) is 0 Å². The SMILES string of the molecule is C=CC=Nc1ccncc1C.CC. The molecule has 0 saturated heterocycles. The highest BCUT2D eigenvalue weighted by Crippen LogP contribution is 2.14. The van der Waals surface area contributed by atoms with Gasteiger partial charge in [-0.15, -0.1) is 0 Å². The van der Waals surface area contributed by atoms with Crippen LogP contribution in [0.25, 0.3) is 0 Å². The first kappa shape index (κ1) is 11.6. The number of hydrogen-bond acceptors (Lipinski definition) is 2. The molecule has 0 amide bonds. The van der Waals surface area contributed by atoms with Crippen molar-refractivity contribution in [2.75, 3.05) is 0 Å². The van der Waals surface area contributed by atoms with Crippen molar-refractivity contribution in [3.8, 4) is 0 Å². The molecule has 0 unspecified atom stereocenters. The number of hydrogen-bond donors (Lipinski definition) is 0. The molecule has 0 aliphatic carbocycles. The summed E-state index contributed by atoms with van der Waals surface area (Å²) in [6.07, 6.45) is 6.83. The van der Waals surface area contributed by atoms with Crippen molar-refractivity contribution in [2.45, 2.75) is 20.8 Å². The van der Waals surface area contributed by atoms with Gasteiger partial charge in [0.15, 0.2) is 0 Å². The Labute approximate surface area is 80.1 Å². The summed E-state index contributed by atoms with van der Waals surface area (Å²) in [5.74, 6) is 0. The van der Waals surface area contributed by atoms with Crippen LogP contribution in [-0.4, -0.2) is 11.2 Å². The molecule has 0 radical (unpaired) electrons. The minimum absolute atomic E-state index is 0.944. The molecule has 0 aliphatic heterocycles. The smallest absolute Gasteiger partial charge is 0.0689 e. The number of aliphatic imine (C=N–C) groups is 1. The Kier molecular flexibility index (Phi) is 6.42. The van der Waals surface area contributed by atoms with Crippen LogP contribution in [0.5, 0.6) is 0 Å². The van der Waals surface area contributed by atoms with Crippen LogP contribution in [0.2, 0.25) is 0 Å². The van der Waals surface area contributed by atoms with Crippen LogP contribution in [0.15, 0.2) is 36.1 Å². The van der Waals surface area contributed by atoms with E-state index in [-0.39, 0.29) is 0 Å². The average Bonchev–Trinajstić information content (AvgIpc) is 2.20. The zero-order chi connectivity index (χ0) is 10.1. The Bertz CT molecular complexity index is 277. The maximum absolute atomic E-state index is 4.14. The number of pyridine rings is 1. The number of allylic oxidation sites excluding steroid dienone is 1. The van der Waals surface area contributed by atoms with Crippen molar-refractivity contribution in [3.63, 3.8) is 0 Å². The molecule has 0 saturated carbocycles. The van der Waals surface area contributed by atoms with Gasteiger partial charge in [0.2, 0.25) is 0 Å². The van der Waals surface area contributed by atoms with Gasteiger partial charge in [-0.05, 0) is 18.6 Å². The zero-order valence-corrected chi connectivity index (χ0v) is 8.49. The molecule has 1 rings (SSSR count). The lowest BCUT2D eigenvalue weighted by molar-refractivity contribution is 1.25. The Morgan fingerprint density at radius 3 is 2.69 bits per heavy atom. The molecule has 0 aromatic carbocycles. The van der Waals surface area contributed by atoms with Gasteiger partial charge in [-0.2, -0.15) is 0 Å². The van der Waals surface area contributed by atoms with Crippen LogP contribution in [0.4, 0.5) is 5.69 Å². The van der Waals surface area contributed by atoms with Crippen molar-refractivity contribution in [1.29, 1.82) is 0 Å². The molecule has 70 valence electrons. The second kappa shape index (κ2) is 7.22. The van der Waals surface area contributed by atoms with Gasteiger partial charge in [-0.3, -0.25) is 9.98 Å². The maximum atomic E-state index is 4.14. The highest BCUT2D eigenvalue weighted by molar-refractivity contribution is 5.74. The fraction of sp³-hybridized carbons (Fsp3) is 0.273. The summed E-state index contributed by atoms with van der Waals surface area (Å²) in [5, 5.41) is 0. The summed E-state index contributed by atoms with van der Waals surface area (Å²) in [6.45, 7) is 9.52. The molecule has 1 heterocycles. The zero-order valence-electron chi connectivity index (χ0n) is 8.49. The highest BCUT2D eigenvalue weighted by atomic mass is 14.7. The third kappa shape index (κ3) is 4.21. The van der Waals surface area contributed by atoms with Gasteiger partial charge in [0, 0.05) is 18.6 Å². The lowest BCUT2D eigenvalue weighted by Crippen LogP contribution is -1.76. The lowest BCUT2D eigenvalue weighted by atomic mass is 10.3. The quantitative estimate of drug-likeness (QED) is 0.635. The summed E-state index contributed by atoms with van der Waals surface area (Å²) in [6, 6.07) is 1.87. The average molecular weight is 176 g/mol. The third-order valence-corrected chi connectivity index (χ3v) is 1.31. The Balaban J connectivity index is 0.000000671. The standard InChI is InChI=1S/C9H10N2.C2H6/c1-3-5-11-9-4-6-10-7-8(9)2;1-2/h3-7H,1H2,2H3;1-2H3. The minimum Gasteiger partial charge on any atom is -0.264 e. The molecule has 0 aliphatic rings. The van der Waals surface area contributed by atoms with Gasteiger partial charge in [0.05, 0.1) is 5.69 Å². The van der Waals surface area contributed by atoms with E-state index in [0.717, 1.165) is 11.3 Å². The molecule has 2 heteroatoms. The van der Waals surface area contributed by atoms with E-state index in [9.17, 15) is 0 Å². The van der Waals surface area contributed by atoms with Gasteiger partial charge < -0.3 is 0 Å². The lowest BCUT2D eigenvalue weighted by Gasteiger charge is -1.94. The molecular formula is C11H16N2. The van der Waals surface area contributed by atoms with E-state index in [4.69, 9.17) is 0 Å². The van der Waals surface area contributed by atoms with E-state index in [1.807, 2.05) is 26.8 Å². The second-order valence-electron chi connectivity index (χ2n) is 2.18. The van der Waals surface area contributed by atoms with E-state index in [0.29, 0.717) is 0 Å². The van der Waals surface area contributed by atoms with Gasteiger partial charge in [-0.25, -0.2) is 0 Å². The molecule has 0 fully saturated rings. The van der Waals surface area contributed by atoms with Crippen LogP contribution in [0.1, 0.15) is 19.4 Å². The number of aryl methyl sites for hydroxylation is 1. The van der Waals surface area contributed by atoms with Crippen molar-refractivity contribution in [1.82, 2.24) is 4.98 Å². The fourth-order valence-corrected chi connectivity index (χ4v) is 0.744. The molecular weight excluding hydrogens is 160 g/mol. The first-order valence-electron chi connectivity index (χ1n) is 4.40. The molecule has 1 aromatic rings. The Hall–Kier alpha value is -1.44. The van der Waals surface area contributed by atoms with Crippen molar-refractivity contribution in [3.05, 3.63) is 36.7 Å². The molecule has 1 aromatic heterocycles. The minimum atomic E-state index is 0.944. The fourth-order valence-electron chi connectivity index (χ4n) is 0.744. The molecule has 0 N–H and O–H groups in total. The van der Waals surface area contributed by atoms with Crippen LogP contribution in [0, 0.1) is 6.92 Å². The van der Waals surface area contributed by atoms with Crippen molar-refractivity contribution in [2.24, 2.45) is 4.99 Å². The first-order valence-corrected chi connectivity index (χ1v) is 4.40. The predicted molar refractivity (Wildman–Crippen MR) is 58.7 cm³/mol. The van der Waals surface area contributed by atoms with Crippen molar-refractivity contribution >= 4 is 11.9 Å². The molecule has 2 nitrogen and oxygen atoms in total. The Morgan fingerprint density at radius 1 is 1.46 bits per heavy atom. The highest BCUT2D eigenvalue weighted by Gasteiger charge is 1.90. The molecule has 0 spiro atoms. The largest absolute Gasteiger partial charge is 0.264 e. The molecule has 0 bridgehead atoms. The number of nitrogens with zero attached hydrogens (tertiary/aromatic N) is 2. The normalized spacial score (nSPS) is 9.15. The Morgan fingerprint density at radius 2 is 2.15 bits per heavy atom. The van der Waals surface area contributed by atoms with E-state index >= 15 is 0 Å². The van der Waals surface area contributed by atoms with Gasteiger partial charge in [0.25, 0.3) is 0 Å². The van der Waals surface area contributed by atoms with Gasteiger partial charge >= 0.3 is 0 Å². The monoisotopic (exact) mass is 176 g/mol. The molecule has 13 heavy (non-hydrogen) atoms. The second-order valence-corrected chi connectivity index (χ2v) is 2.18. The predicted octanol–water partition coefficient (Wildman–Crippen LogP) is 3.30. The topological polar surface area (TPSA) is 25.2 Å². The third-order valence-electron chi connectivity index (χ3n) is 1.31. The van der Waals surface area contributed by atoms with Gasteiger partial charge in [-0.1, -0.05) is 26.5 Å². The van der Waals surface area contributed by atoms with Crippen LogP contribution in [-0.2, 0) is 0 Å². The first-order chi connectivity index (χ1) is 6.34. The summed E-state index contributed by atoms with van der Waals surface area (Å²) in [5.41, 5.74) is 2.02. The van der Waals surface area contributed by atoms with Crippen LogP contribution < -0.4 is 0 Å². The summed E-state index contributed by atoms with van der Waals surface area (Å²) < 4.78 is 0. The summed E-state index contributed by atoms with van der Waals surface area (Å²) >= 11 is 0. The summed E-state index contributed by atoms with van der Waals surface area (Å²) in [4.78, 5) is 8.09. The molecule has 0 atom stereocenters. The van der Waals surface area contributed by atoms with E-state index in [1.54, 1.807) is 24.7 Å². The van der Waals surface area contributed by atoms with Crippen LogP contribution >= 0.6 is 0 Å².